The maximum Gasteiger partial charge on any atom is 0.123 e. The largest absolute Gasteiger partial charge is 0.387 e. The Morgan fingerprint density at radius 2 is 2.32 bits per heavy atom. The molecule has 1 aromatic rings. The van der Waals surface area contributed by atoms with Gasteiger partial charge >= 0.3 is 0 Å². The molecule has 3 heteroatoms. The molecular formula is C16H20FNO. The number of rotatable bonds is 3. The molecule has 0 aliphatic heterocycles. The fourth-order valence-electron chi connectivity index (χ4n) is 3.18. The van der Waals surface area contributed by atoms with Gasteiger partial charge < -0.3 is 5.11 Å². The number of nitrogens with zero attached hydrogens (tertiary/aromatic N) is 1. The molecule has 1 aliphatic rings. The third-order valence-corrected chi connectivity index (χ3v) is 4.50. The van der Waals surface area contributed by atoms with Crippen molar-refractivity contribution in [2.75, 3.05) is 0 Å². The van der Waals surface area contributed by atoms with Gasteiger partial charge in [-0.25, -0.2) is 4.39 Å². The van der Waals surface area contributed by atoms with Gasteiger partial charge in [0.15, 0.2) is 0 Å². The molecule has 0 aromatic heterocycles. The summed E-state index contributed by atoms with van der Waals surface area (Å²) in [5, 5.41) is 20.1. The summed E-state index contributed by atoms with van der Waals surface area (Å²) in [6, 6.07) is 6.71. The molecule has 0 amide bonds. The molecule has 0 bridgehead atoms. The standard InChI is InChI=1S/C16H20FNO/c1-3-12-6-7-16(9-12,10-18)15(19)14-5-4-13(17)8-11(14)2/h4-5,8,12,15,19H,3,6-7,9H2,1-2H3. The van der Waals surface area contributed by atoms with E-state index in [9.17, 15) is 14.8 Å². The monoisotopic (exact) mass is 261 g/mol. The highest BCUT2D eigenvalue weighted by Crippen LogP contribution is 2.50. The van der Waals surface area contributed by atoms with Crippen molar-refractivity contribution >= 4 is 0 Å². The van der Waals surface area contributed by atoms with Crippen LogP contribution in [-0.2, 0) is 0 Å². The molecule has 1 saturated carbocycles. The van der Waals surface area contributed by atoms with Gasteiger partial charge in [-0.1, -0.05) is 19.4 Å². The maximum atomic E-state index is 13.1. The Kier molecular flexibility index (Phi) is 3.91. The van der Waals surface area contributed by atoms with Crippen LogP contribution >= 0.6 is 0 Å². The lowest BCUT2D eigenvalue weighted by molar-refractivity contribution is 0.0635. The predicted octanol–water partition coefficient (Wildman–Crippen LogP) is 3.89. The fourth-order valence-corrected chi connectivity index (χ4v) is 3.18. The third-order valence-electron chi connectivity index (χ3n) is 4.50. The predicted molar refractivity (Wildman–Crippen MR) is 71.8 cm³/mol. The first-order chi connectivity index (χ1) is 9.02. The molecule has 1 fully saturated rings. The van der Waals surface area contributed by atoms with E-state index < -0.39 is 11.5 Å². The van der Waals surface area contributed by atoms with Crippen molar-refractivity contribution in [3.63, 3.8) is 0 Å². The van der Waals surface area contributed by atoms with Gasteiger partial charge in [0.25, 0.3) is 0 Å². The third kappa shape index (κ3) is 2.50. The van der Waals surface area contributed by atoms with Crippen LogP contribution in [0.25, 0.3) is 0 Å². The van der Waals surface area contributed by atoms with Gasteiger partial charge in [0.1, 0.15) is 5.82 Å². The summed E-state index contributed by atoms with van der Waals surface area (Å²) in [5.74, 6) is 0.201. The lowest BCUT2D eigenvalue weighted by Gasteiger charge is -2.28. The number of hydrogen-bond acceptors (Lipinski definition) is 2. The molecule has 0 spiro atoms. The maximum absolute atomic E-state index is 13.1. The first kappa shape index (κ1) is 14.0. The number of nitriles is 1. The molecule has 0 heterocycles. The molecule has 0 radical (unpaired) electrons. The molecule has 0 saturated heterocycles. The van der Waals surface area contributed by atoms with Gasteiger partial charge in [0.2, 0.25) is 0 Å². The highest BCUT2D eigenvalue weighted by Gasteiger charge is 2.45. The Hall–Kier alpha value is -1.40. The van der Waals surface area contributed by atoms with E-state index in [2.05, 4.69) is 13.0 Å². The zero-order chi connectivity index (χ0) is 14.0. The highest BCUT2D eigenvalue weighted by molar-refractivity contribution is 5.32. The summed E-state index contributed by atoms with van der Waals surface area (Å²) in [6.45, 7) is 3.90. The van der Waals surface area contributed by atoms with E-state index in [0.717, 1.165) is 25.7 Å². The van der Waals surface area contributed by atoms with E-state index in [1.165, 1.54) is 12.1 Å². The van der Waals surface area contributed by atoms with Gasteiger partial charge in [0.05, 0.1) is 17.6 Å². The minimum Gasteiger partial charge on any atom is -0.387 e. The SMILES string of the molecule is CCC1CCC(C#N)(C(O)c2ccc(F)cc2C)C1. The quantitative estimate of drug-likeness (QED) is 0.897. The average molecular weight is 261 g/mol. The van der Waals surface area contributed by atoms with Crippen LogP contribution in [0.3, 0.4) is 0 Å². The number of hydrogen-bond donors (Lipinski definition) is 1. The summed E-state index contributed by atoms with van der Waals surface area (Å²) in [5.41, 5.74) is 0.685. The van der Waals surface area contributed by atoms with Crippen molar-refractivity contribution in [1.29, 1.82) is 5.26 Å². The zero-order valence-electron chi connectivity index (χ0n) is 11.5. The molecule has 102 valence electrons. The molecule has 19 heavy (non-hydrogen) atoms. The smallest absolute Gasteiger partial charge is 0.123 e. The average Bonchev–Trinajstić information content (AvgIpc) is 2.83. The van der Waals surface area contributed by atoms with Crippen LogP contribution in [0.1, 0.15) is 49.8 Å². The Morgan fingerprint density at radius 1 is 1.58 bits per heavy atom. The minimum absolute atomic E-state index is 0.308. The van der Waals surface area contributed by atoms with Crippen LogP contribution < -0.4 is 0 Å². The Balaban J connectivity index is 2.32. The first-order valence-corrected chi connectivity index (χ1v) is 6.88. The first-order valence-electron chi connectivity index (χ1n) is 6.88. The van der Waals surface area contributed by atoms with Crippen LogP contribution in [0.4, 0.5) is 4.39 Å². The summed E-state index contributed by atoms with van der Waals surface area (Å²) in [4.78, 5) is 0. The molecule has 1 N–H and O–H groups in total. The summed E-state index contributed by atoms with van der Waals surface area (Å²) in [7, 11) is 0. The normalized spacial score (nSPS) is 28.1. The molecule has 3 unspecified atom stereocenters. The number of halogens is 1. The topological polar surface area (TPSA) is 44.0 Å². The van der Waals surface area contributed by atoms with Gasteiger partial charge in [-0.15, -0.1) is 0 Å². The second-order valence-corrected chi connectivity index (χ2v) is 5.69. The number of benzene rings is 1. The number of aryl methyl sites for hydroxylation is 1. The van der Waals surface area contributed by atoms with Crippen molar-refractivity contribution < 1.29 is 9.50 Å². The second-order valence-electron chi connectivity index (χ2n) is 5.69. The van der Waals surface area contributed by atoms with Gasteiger partial charge in [-0.3, -0.25) is 0 Å². The van der Waals surface area contributed by atoms with E-state index in [4.69, 9.17) is 0 Å². The lowest BCUT2D eigenvalue weighted by atomic mass is 9.77. The highest BCUT2D eigenvalue weighted by atomic mass is 19.1. The number of aliphatic hydroxyl groups is 1. The van der Waals surface area contributed by atoms with E-state index in [1.54, 1.807) is 13.0 Å². The lowest BCUT2D eigenvalue weighted by Crippen LogP contribution is -2.25. The Bertz CT molecular complexity index is 508. The van der Waals surface area contributed by atoms with Crippen molar-refractivity contribution in [2.45, 2.75) is 45.6 Å². The molecule has 3 atom stereocenters. The van der Waals surface area contributed by atoms with Gasteiger partial charge in [0, 0.05) is 0 Å². The van der Waals surface area contributed by atoms with Crippen LogP contribution in [0.15, 0.2) is 18.2 Å². The van der Waals surface area contributed by atoms with Crippen molar-refractivity contribution in [3.05, 3.63) is 35.1 Å². The van der Waals surface area contributed by atoms with Crippen molar-refractivity contribution in [3.8, 4) is 6.07 Å². The Morgan fingerprint density at radius 3 is 2.84 bits per heavy atom. The zero-order valence-corrected chi connectivity index (χ0v) is 11.5. The molecule has 2 rings (SSSR count). The van der Waals surface area contributed by atoms with E-state index in [0.29, 0.717) is 17.0 Å². The molecule has 1 aromatic carbocycles. The molecule has 2 nitrogen and oxygen atoms in total. The van der Waals surface area contributed by atoms with Crippen molar-refractivity contribution in [2.24, 2.45) is 11.3 Å². The summed E-state index contributed by atoms with van der Waals surface area (Å²) < 4.78 is 13.1. The minimum atomic E-state index is -0.824. The van der Waals surface area contributed by atoms with Crippen LogP contribution in [0.5, 0.6) is 0 Å². The van der Waals surface area contributed by atoms with E-state index >= 15 is 0 Å². The van der Waals surface area contributed by atoms with Crippen LogP contribution in [-0.4, -0.2) is 5.11 Å². The molecule has 1 aliphatic carbocycles. The van der Waals surface area contributed by atoms with Crippen LogP contribution in [0.2, 0.25) is 0 Å². The second kappa shape index (κ2) is 5.30. The number of aliphatic hydroxyl groups excluding tert-OH is 1. The fraction of sp³-hybridized carbons (Fsp3) is 0.562. The summed E-state index contributed by atoms with van der Waals surface area (Å²) >= 11 is 0. The van der Waals surface area contributed by atoms with Gasteiger partial charge in [-0.05, 0) is 55.4 Å². The summed E-state index contributed by atoms with van der Waals surface area (Å²) in [6.07, 6.45) is 2.66. The van der Waals surface area contributed by atoms with Gasteiger partial charge in [-0.2, -0.15) is 5.26 Å². The van der Waals surface area contributed by atoms with Crippen molar-refractivity contribution in [1.82, 2.24) is 0 Å². The van der Waals surface area contributed by atoms with E-state index in [1.807, 2.05) is 0 Å². The Labute approximate surface area is 113 Å². The van der Waals surface area contributed by atoms with Crippen LogP contribution in [0, 0.1) is 35.4 Å². The molecular weight excluding hydrogens is 241 g/mol. The van der Waals surface area contributed by atoms with E-state index in [-0.39, 0.29) is 5.82 Å².